The van der Waals surface area contributed by atoms with Gasteiger partial charge in [-0.3, -0.25) is 9.48 Å². The van der Waals surface area contributed by atoms with Crippen LogP contribution >= 0.6 is 11.6 Å². The van der Waals surface area contributed by atoms with Crippen molar-refractivity contribution in [3.63, 3.8) is 0 Å². The third-order valence-corrected chi connectivity index (χ3v) is 8.89. The van der Waals surface area contributed by atoms with E-state index in [1.165, 1.54) is 24.8 Å². The molecule has 0 saturated heterocycles. The number of rotatable bonds is 5. The summed E-state index contributed by atoms with van der Waals surface area (Å²) in [6.07, 6.45) is 3.65. The van der Waals surface area contributed by atoms with Crippen LogP contribution in [0.2, 0.25) is 5.02 Å². The first-order valence-corrected chi connectivity index (χ1v) is 12.7. The van der Waals surface area contributed by atoms with Crippen LogP contribution in [0.3, 0.4) is 0 Å². The molecule has 0 unspecified atom stereocenters. The summed E-state index contributed by atoms with van der Waals surface area (Å²) in [5, 5.41) is 8.94. The number of amides is 1. The lowest BCUT2D eigenvalue weighted by atomic mass is 9.68. The van der Waals surface area contributed by atoms with Crippen LogP contribution in [-0.4, -0.2) is 21.7 Å². The summed E-state index contributed by atoms with van der Waals surface area (Å²) in [6.45, 7) is 11.6. The number of carbonyl (C=O) groups is 1. The van der Waals surface area contributed by atoms with E-state index in [4.69, 9.17) is 16.7 Å². The van der Waals surface area contributed by atoms with E-state index in [1.807, 2.05) is 29.8 Å². The van der Waals surface area contributed by atoms with Crippen LogP contribution < -0.4 is 5.32 Å². The highest BCUT2D eigenvalue weighted by atomic mass is 35.5. The fraction of sp³-hybridized carbons (Fsp3) is 0.448. The van der Waals surface area contributed by atoms with Crippen molar-refractivity contribution in [2.24, 2.45) is 16.7 Å². The Hall–Kier alpha value is -2.59. The van der Waals surface area contributed by atoms with Crippen LogP contribution in [0.1, 0.15) is 67.2 Å². The molecule has 3 atom stereocenters. The van der Waals surface area contributed by atoms with Crippen molar-refractivity contribution in [2.45, 2.75) is 66.5 Å². The van der Waals surface area contributed by atoms with Crippen LogP contribution in [0.4, 0.5) is 0 Å². The zero-order valence-corrected chi connectivity index (χ0v) is 21.5. The van der Waals surface area contributed by atoms with Gasteiger partial charge in [0.25, 0.3) is 5.91 Å². The SMILES string of the molecule is Cc1ccc(Cn2nc(C(=O)N[C@@H]3C(C)(C)[C@H]4CC[C@]3(C)C4)cc2-c2ccc(Cl)c(C)c2)cc1. The van der Waals surface area contributed by atoms with Crippen LogP contribution in [-0.2, 0) is 6.54 Å². The summed E-state index contributed by atoms with van der Waals surface area (Å²) < 4.78 is 1.94. The standard InChI is InChI=1S/C29H34ClN3O/c1-18-6-8-20(9-7-18)17-33-25(21-10-11-23(30)19(2)14-21)15-24(32-33)26(34)31-27-28(3,4)22-12-13-29(27,5)16-22/h6-11,14-15,22,27H,12-13,16-17H2,1-5H3,(H,31,34)/t22-,27+,29+/m0/s1. The van der Waals surface area contributed by atoms with Gasteiger partial charge in [-0.1, -0.05) is 68.3 Å². The Morgan fingerprint density at radius 3 is 2.50 bits per heavy atom. The number of aromatic nitrogens is 2. The highest BCUT2D eigenvalue weighted by molar-refractivity contribution is 6.31. The predicted octanol–water partition coefficient (Wildman–Crippen LogP) is 6.81. The highest BCUT2D eigenvalue weighted by Crippen LogP contribution is 2.62. The van der Waals surface area contributed by atoms with Gasteiger partial charge in [0, 0.05) is 16.6 Å². The Morgan fingerprint density at radius 2 is 1.85 bits per heavy atom. The summed E-state index contributed by atoms with van der Waals surface area (Å²) in [5.41, 5.74) is 6.04. The maximum atomic E-state index is 13.5. The van der Waals surface area contributed by atoms with E-state index >= 15 is 0 Å². The van der Waals surface area contributed by atoms with E-state index in [1.54, 1.807) is 0 Å². The quantitative estimate of drug-likeness (QED) is 0.440. The molecule has 34 heavy (non-hydrogen) atoms. The lowest BCUT2D eigenvalue weighted by molar-refractivity contribution is 0.0732. The minimum Gasteiger partial charge on any atom is -0.347 e. The van der Waals surface area contributed by atoms with Gasteiger partial charge in [0.05, 0.1) is 12.2 Å². The summed E-state index contributed by atoms with van der Waals surface area (Å²) in [4.78, 5) is 13.5. The summed E-state index contributed by atoms with van der Waals surface area (Å²) in [6, 6.07) is 16.5. The van der Waals surface area contributed by atoms with Gasteiger partial charge in [0.1, 0.15) is 0 Å². The largest absolute Gasteiger partial charge is 0.347 e. The molecule has 1 N–H and O–H groups in total. The maximum Gasteiger partial charge on any atom is 0.272 e. The van der Waals surface area contributed by atoms with Gasteiger partial charge in [-0.2, -0.15) is 5.10 Å². The molecule has 2 saturated carbocycles. The van der Waals surface area contributed by atoms with Gasteiger partial charge in [-0.25, -0.2) is 0 Å². The van der Waals surface area contributed by atoms with Crippen molar-refractivity contribution < 1.29 is 4.79 Å². The molecule has 1 heterocycles. The van der Waals surface area contributed by atoms with Gasteiger partial charge in [-0.15, -0.1) is 0 Å². The van der Waals surface area contributed by atoms with E-state index in [-0.39, 0.29) is 22.8 Å². The van der Waals surface area contributed by atoms with E-state index < -0.39 is 0 Å². The molecule has 2 fully saturated rings. The fourth-order valence-corrected chi connectivity index (χ4v) is 6.54. The molecule has 5 heteroatoms. The molecule has 3 aromatic rings. The van der Waals surface area contributed by atoms with Crippen LogP contribution in [0.5, 0.6) is 0 Å². The molecular weight excluding hydrogens is 442 g/mol. The molecule has 4 nitrogen and oxygen atoms in total. The molecule has 0 spiro atoms. The minimum atomic E-state index is -0.0820. The second-order valence-corrected chi connectivity index (χ2v) is 11.8. The average molecular weight is 476 g/mol. The first-order valence-electron chi connectivity index (χ1n) is 12.3. The monoisotopic (exact) mass is 475 g/mol. The van der Waals surface area contributed by atoms with Gasteiger partial charge in [0.15, 0.2) is 5.69 Å². The third-order valence-electron chi connectivity index (χ3n) is 8.46. The zero-order valence-electron chi connectivity index (χ0n) is 20.8. The van der Waals surface area contributed by atoms with Gasteiger partial charge in [-0.05, 0) is 79.2 Å². The molecule has 0 aliphatic heterocycles. The van der Waals surface area contributed by atoms with Gasteiger partial charge < -0.3 is 5.32 Å². The number of fused-ring (bicyclic) bond motifs is 2. The number of halogens is 1. The molecule has 2 bridgehead atoms. The zero-order chi connectivity index (χ0) is 24.3. The topological polar surface area (TPSA) is 46.9 Å². The molecule has 2 aliphatic carbocycles. The molecule has 2 aliphatic rings. The lowest BCUT2D eigenvalue weighted by Crippen LogP contribution is -2.52. The number of nitrogens with zero attached hydrogens (tertiary/aromatic N) is 2. The molecule has 5 rings (SSSR count). The Bertz CT molecular complexity index is 1240. The molecule has 1 aromatic heterocycles. The van der Waals surface area contributed by atoms with Crippen molar-refractivity contribution in [3.8, 4) is 11.3 Å². The summed E-state index contributed by atoms with van der Waals surface area (Å²) in [7, 11) is 0. The van der Waals surface area contributed by atoms with Crippen molar-refractivity contribution in [2.75, 3.05) is 0 Å². The van der Waals surface area contributed by atoms with E-state index in [2.05, 4.69) is 63.3 Å². The number of aryl methyl sites for hydroxylation is 2. The van der Waals surface area contributed by atoms with Crippen molar-refractivity contribution in [1.82, 2.24) is 15.1 Å². The van der Waals surface area contributed by atoms with Crippen LogP contribution in [0.15, 0.2) is 48.5 Å². The highest BCUT2D eigenvalue weighted by Gasteiger charge is 2.59. The molecule has 178 valence electrons. The second kappa shape index (κ2) is 8.27. The predicted molar refractivity (Wildman–Crippen MR) is 138 cm³/mol. The second-order valence-electron chi connectivity index (χ2n) is 11.3. The van der Waals surface area contributed by atoms with Crippen molar-refractivity contribution >= 4 is 17.5 Å². The average Bonchev–Trinajstić information content (AvgIpc) is 3.44. The van der Waals surface area contributed by atoms with Gasteiger partial charge >= 0.3 is 0 Å². The Kier molecular flexibility index (Phi) is 5.63. The Labute approximate surface area is 207 Å². The van der Waals surface area contributed by atoms with E-state index in [0.29, 0.717) is 18.2 Å². The van der Waals surface area contributed by atoms with Crippen molar-refractivity contribution in [3.05, 3.63) is 75.9 Å². The van der Waals surface area contributed by atoms with Crippen LogP contribution in [0.25, 0.3) is 11.3 Å². The first kappa shape index (κ1) is 23.2. The van der Waals surface area contributed by atoms with E-state index in [0.717, 1.165) is 27.4 Å². The minimum absolute atomic E-state index is 0.0820. The Balaban J connectivity index is 1.49. The number of hydrogen-bond acceptors (Lipinski definition) is 2. The Morgan fingerprint density at radius 1 is 1.12 bits per heavy atom. The van der Waals surface area contributed by atoms with Crippen molar-refractivity contribution in [1.29, 1.82) is 0 Å². The number of benzene rings is 2. The lowest BCUT2D eigenvalue weighted by Gasteiger charge is -2.42. The molecular formula is C29H34ClN3O. The number of carbonyl (C=O) groups excluding carboxylic acids is 1. The normalized spacial score (nSPS) is 25.0. The molecule has 1 amide bonds. The molecule has 0 radical (unpaired) electrons. The number of hydrogen-bond donors (Lipinski definition) is 1. The number of nitrogens with one attached hydrogen (secondary N) is 1. The van der Waals surface area contributed by atoms with Gasteiger partial charge in [0.2, 0.25) is 0 Å². The smallest absolute Gasteiger partial charge is 0.272 e. The fourth-order valence-electron chi connectivity index (χ4n) is 6.42. The summed E-state index contributed by atoms with van der Waals surface area (Å²) in [5.74, 6) is 0.593. The molecule has 2 aromatic carbocycles. The summed E-state index contributed by atoms with van der Waals surface area (Å²) >= 11 is 6.29. The van der Waals surface area contributed by atoms with Crippen LogP contribution in [0, 0.1) is 30.6 Å². The third kappa shape index (κ3) is 3.96. The maximum absolute atomic E-state index is 13.5. The first-order chi connectivity index (χ1) is 16.1. The van der Waals surface area contributed by atoms with E-state index in [9.17, 15) is 4.79 Å².